The summed E-state index contributed by atoms with van der Waals surface area (Å²) in [7, 11) is 2.03. The van der Waals surface area contributed by atoms with Gasteiger partial charge in [-0.15, -0.1) is 0 Å². The summed E-state index contributed by atoms with van der Waals surface area (Å²) in [5.41, 5.74) is 4.01. The van der Waals surface area contributed by atoms with E-state index in [1.807, 2.05) is 13.1 Å². The van der Waals surface area contributed by atoms with E-state index in [1.54, 1.807) is 0 Å². The lowest BCUT2D eigenvalue weighted by molar-refractivity contribution is 0.492. The summed E-state index contributed by atoms with van der Waals surface area (Å²) < 4.78 is 0. The normalized spacial score (nSPS) is 23.0. The van der Waals surface area contributed by atoms with E-state index in [0.717, 1.165) is 6.54 Å². The van der Waals surface area contributed by atoms with Crippen molar-refractivity contribution in [3.05, 3.63) is 53.6 Å². The van der Waals surface area contributed by atoms with E-state index in [2.05, 4.69) is 49.2 Å². The van der Waals surface area contributed by atoms with Crippen molar-refractivity contribution in [2.45, 2.75) is 25.7 Å². The Balaban J connectivity index is 2.11. The van der Waals surface area contributed by atoms with Crippen LogP contribution in [0.3, 0.4) is 0 Å². The van der Waals surface area contributed by atoms with Crippen molar-refractivity contribution >= 4 is 6.08 Å². The Labute approximate surface area is 111 Å². The largest absolute Gasteiger partial charge is 0.319 e. The molecule has 1 aliphatic rings. The average molecular weight is 241 g/mol. The number of aryl methyl sites for hydroxylation is 1. The Hall–Kier alpha value is -1.34. The lowest BCUT2D eigenvalue weighted by Crippen LogP contribution is -2.20. The third-order valence-electron chi connectivity index (χ3n) is 3.87. The zero-order chi connectivity index (χ0) is 13.0. The number of nitrogens with one attached hydrogen (secondary N) is 1. The standard InChI is InChI=1S/C17H23N/c1-4-15-9-10-17(11-13(15)2)16-7-5-14(6-8-16)12-18-3/h4-5,7,9-11,14,16,18H,1,6,8,12H2,2-3H3. The fraction of sp³-hybridized carbons (Fsp3) is 0.412. The van der Waals surface area contributed by atoms with Crippen LogP contribution in [-0.4, -0.2) is 13.6 Å². The van der Waals surface area contributed by atoms with Crippen LogP contribution in [0.4, 0.5) is 0 Å². The summed E-state index contributed by atoms with van der Waals surface area (Å²) in [6.07, 6.45) is 9.23. The second-order valence-electron chi connectivity index (χ2n) is 5.21. The maximum atomic E-state index is 3.84. The molecule has 0 bridgehead atoms. The molecule has 0 spiro atoms. The van der Waals surface area contributed by atoms with E-state index in [1.165, 1.54) is 29.5 Å². The summed E-state index contributed by atoms with van der Waals surface area (Å²) in [6, 6.07) is 6.74. The first-order valence-corrected chi connectivity index (χ1v) is 6.80. The highest BCUT2D eigenvalue weighted by Crippen LogP contribution is 2.31. The van der Waals surface area contributed by atoms with Gasteiger partial charge in [0, 0.05) is 12.5 Å². The maximum Gasteiger partial charge on any atom is 0.00184 e. The minimum absolute atomic E-state index is 0.593. The molecule has 96 valence electrons. The molecule has 2 unspecified atom stereocenters. The van der Waals surface area contributed by atoms with Crippen LogP contribution in [0.2, 0.25) is 0 Å². The summed E-state index contributed by atoms with van der Waals surface area (Å²) in [4.78, 5) is 0. The molecule has 1 aliphatic carbocycles. The first kappa shape index (κ1) is 13.1. The molecular weight excluding hydrogens is 218 g/mol. The van der Waals surface area contributed by atoms with Gasteiger partial charge in [0.1, 0.15) is 0 Å². The smallest absolute Gasteiger partial charge is 0.00184 e. The van der Waals surface area contributed by atoms with Crippen molar-refractivity contribution in [2.24, 2.45) is 5.92 Å². The van der Waals surface area contributed by atoms with Gasteiger partial charge in [-0.3, -0.25) is 0 Å². The minimum Gasteiger partial charge on any atom is -0.319 e. The number of benzene rings is 1. The minimum atomic E-state index is 0.593. The second-order valence-corrected chi connectivity index (χ2v) is 5.21. The van der Waals surface area contributed by atoms with Gasteiger partial charge < -0.3 is 5.32 Å². The van der Waals surface area contributed by atoms with Crippen molar-refractivity contribution in [3.8, 4) is 0 Å². The molecule has 2 atom stereocenters. The van der Waals surface area contributed by atoms with Crippen molar-refractivity contribution < 1.29 is 0 Å². The number of allylic oxidation sites excluding steroid dienone is 1. The number of rotatable bonds is 4. The molecular formula is C17H23N. The molecule has 0 saturated heterocycles. The molecule has 18 heavy (non-hydrogen) atoms. The zero-order valence-corrected chi connectivity index (χ0v) is 11.4. The van der Waals surface area contributed by atoms with Crippen LogP contribution in [0.1, 0.15) is 35.4 Å². The van der Waals surface area contributed by atoms with Gasteiger partial charge in [-0.25, -0.2) is 0 Å². The summed E-state index contributed by atoms with van der Waals surface area (Å²) >= 11 is 0. The predicted octanol–water partition coefficient (Wildman–Crippen LogP) is 3.91. The van der Waals surface area contributed by atoms with Crippen molar-refractivity contribution in [1.29, 1.82) is 0 Å². The molecule has 0 fully saturated rings. The van der Waals surface area contributed by atoms with Gasteiger partial charge >= 0.3 is 0 Å². The highest BCUT2D eigenvalue weighted by Gasteiger charge is 2.16. The molecule has 2 rings (SSSR count). The van der Waals surface area contributed by atoms with Gasteiger partial charge in [-0.1, -0.05) is 43.0 Å². The van der Waals surface area contributed by atoms with Gasteiger partial charge in [0.25, 0.3) is 0 Å². The molecule has 0 aliphatic heterocycles. The first-order valence-electron chi connectivity index (χ1n) is 6.80. The third kappa shape index (κ3) is 2.91. The van der Waals surface area contributed by atoms with Crippen LogP contribution in [0.5, 0.6) is 0 Å². The molecule has 1 N–H and O–H groups in total. The maximum absolute atomic E-state index is 3.84. The SMILES string of the molecule is C=Cc1ccc(C2C=CC(CNC)CC2)cc1C. The van der Waals surface area contributed by atoms with Gasteiger partial charge in [-0.05, 0) is 49.4 Å². The fourth-order valence-corrected chi connectivity index (χ4v) is 2.75. The Morgan fingerprint density at radius 3 is 2.72 bits per heavy atom. The highest BCUT2D eigenvalue weighted by atomic mass is 14.8. The second kappa shape index (κ2) is 6.01. The van der Waals surface area contributed by atoms with E-state index < -0.39 is 0 Å². The Morgan fingerprint density at radius 1 is 1.33 bits per heavy atom. The van der Waals surface area contributed by atoms with Gasteiger partial charge in [0.2, 0.25) is 0 Å². The topological polar surface area (TPSA) is 12.0 Å². The fourth-order valence-electron chi connectivity index (χ4n) is 2.75. The van der Waals surface area contributed by atoms with E-state index in [0.29, 0.717) is 11.8 Å². The number of hydrogen-bond donors (Lipinski definition) is 1. The van der Waals surface area contributed by atoms with E-state index in [9.17, 15) is 0 Å². The molecule has 1 aromatic rings. The molecule has 0 radical (unpaired) electrons. The Morgan fingerprint density at radius 2 is 2.17 bits per heavy atom. The first-order chi connectivity index (χ1) is 8.74. The lowest BCUT2D eigenvalue weighted by atomic mass is 9.83. The molecule has 0 amide bonds. The molecule has 1 heteroatoms. The van der Waals surface area contributed by atoms with Gasteiger partial charge in [-0.2, -0.15) is 0 Å². The van der Waals surface area contributed by atoms with Crippen molar-refractivity contribution in [3.63, 3.8) is 0 Å². The molecule has 0 aromatic heterocycles. The Bertz CT molecular complexity index is 445. The van der Waals surface area contributed by atoms with Crippen LogP contribution >= 0.6 is 0 Å². The lowest BCUT2D eigenvalue weighted by Gasteiger charge is -2.23. The third-order valence-corrected chi connectivity index (χ3v) is 3.87. The van der Waals surface area contributed by atoms with E-state index in [-0.39, 0.29) is 0 Å². The quantitative estimate of drug-likeness (QED) is 0.788. The van der Waals surface area contributed by atoms with Crippen LogP contribution in [0.25, 0.3) is 6.08 Å². The summed E-state index contributed by atoms with van der Waals surface area (Å²) in [5.74, 6) is 1.30. The van der Waals surface area contributed by atoms with Gasteiger partial charge in [0.15, 0.2) is 0 Å². The van der Waals surface area contributed by atoms with Crippen LogP contribution in [-0.2, 0) is 0 Å². The van der Waals surface area contributed by atoms with Crippen LogP contribution < -0.4 is 5.32 Å². The molecule has 0 heterocycles. The van der Waals surface area contributed by atoms with Crippen LogP contribution in [0, 0.1) is 12.8 Å². The van der Waals surface area contributed by atoms with Crippen LogP contribution in [0.15, 0.2) is 36.9 Å². The number of hydrogen-bond acceptors (Lipinski definition) is 1. The zero-order valence-electron chi connectivity index (χ0n) is 11.4. The Kier molecular flexibility index (Phi) is 4.38. The summed E-state index contributed by atoms with van der Waals surface area (Å²) in [5, 5.41) is 3.25. The average Bonchev–Trinajstić information content (AvgIpc) is 2.40. The molecule has 1 nitrogen and oxygen atoms in total. The van der Waals surface area contributed by atoms with Crippen molar-refractivity contribution in [1.82, 2.24) is 5.32 Å². The monoisotopic (exact) mass is 241 g/mol. The molecule has 1 aromatic carbocycles. The molecule has 0 saturated carbocycles. The van der Waals surface area contributed by atoms with E-state index >= 15 is 0 Å². The highest BCUT2D eigenvalue weighted by molar-refractivity contribution is 5.53. The summed E-state index contributed by atoms with van der Waals surface area (Å²) in [6.45, 7) is 7.10. The predicted molar refractivity (Wildman–Crippen MR) is 79.8 cm³/mol. The van der Waals surface area contributed by atoms with Gasteiger partial charge in [0.05, 0.1) is 0 Å². The van der Waals surface area contributed by atoms with E-state index in [4.69, 9.17) is 0 Å². The van der Waals surface area contributed by atoms with Crippen molar-refractivity contribution in [2.75, 3.05) is 13.6 Å².